The van der Waals surface area contributed by atoms with Crippen LogP contribution in [0, 0.1) is 0 Å². The summed E-state index contributed by atoms with van der Waals surface area (Å²) in [6.45, 7) is 3.25. The predicted octanol–water partition coefficient (Wildman–Crippen LogP) is 3.20. The standard InChI is InChI=1S/C12H13Cl2NO2/c1-8-15(5-2-6-17-8)12(16)10-4-3-9(13)7-11(10)14/h3-4,7-8H,2,5-6H2,1H3. The molecule has 1 saturated heterocycles. The van der Waals surface area contributed by atoms with Gasteiger partial charge in [-0.2, -0.15) is 0 Å². The van der Waals surface area contributed by atoms with Crippen LogP contribution in [0.15, 0.2) is 18.2 Å². The van der Waals surface area contributed by atoms with Crippen molar-refractivity contribution in [1.82, 2.24) is 4.90 Å². The number of halogens is 2. The molecule has 92 valence electrons. The van der Waals surface area contributed by atoms with Crippen molar-refractivity contribution < 1.29 is 9.53 Å². The Morgan fingerprint density at radius 3 is 2.88 bits per heavy atom. The molecule has 1 atom stereocenters. The number of ether oxygens (including phenoxy) is 1. The average Bonchev–Trinajstić information content (AvgIpc) is 2.29. The third-order valence-electron chi connectivity index (χ3n) is 2.76. The van der Waals surface area contributed by atoms with E-state index in [1.165, 1.54) is 0 Å². The smallest absolute Gasteiger partial charge is 0.257 e. The van der Waals surface area contributed by atoms with Crippen molar-refractivity contribution in [2.75, 3.05) is 13.2 Å². The Bertz CT molecular complexity index is 437. The Morgan fingerprint density at radius 2 is 2.24 bits per heavy atom. The van der Waals surface area contributed by atoms with Gasteiger partial charge in [-0.25, -0.2) is 0 Å². The highest BCUT2D eigenvalue weighted by Crippen LogP contribution is 2.24. The highest BCUT2D eigenvalue weighted by Gasteiger charge is 2.26. The summed E-state index contributed by atoms with van der Waals surface area (Å²) < 4.78 is 5.43. The van der Waals surface area contributed by atoms with Crippen LogP contribution in [0.2, 0.25) is 10.0 Å². The first kappa shape index (κ1) is 12.7. The molecule has 1 aliphatic heterocycles. The van der Waals surface area contributed by atoms with Crippen molar-refractivity contribution in [3.8, 4) is 0 Å². The van der Waals surface area contributed by atoms with Gasteiger partial charge >= 0.3 is 0 Å². The van der Waals surface area contributed by atoms with E-state index in [2.05, 4.69) is 0 Å². The summed E-state index contributed by atoms with van der Waals surface area (Å²) >= 11 is 11.8. The zero-order valence-electron chi connectivity index (χ0n) is 9.45. The second kappa shape index (κ2) is 5.25. The summed E-state index contributed by atoms with van der Waals surface area (Å²) in [4.78, 5) is 13.9. The molecule has 1 amide bonds. The number of carbonyl (C=O) groups excluding carboxylic acids is 1. The minimum Gasteiger partial charge on any atom is -0.359 e. The minimum atomic E-state index is -0.206. The number of nitrogens with zero attached hydrogens (tertiary/aromatic N) is 1. The Balaban J connectivity index is 2.24. The zero-order valence-corrected chi connectivity index (χ0v) is 11.0. The molecule has 1 unspecified atom stereocenters. The van der Waals surface area contributed by atoms with Gasteiger partial charge in [0.2, 0.25) is 0 Å². The highest BCUT2D eigenvalue weighted by molar-refractivity contribution is 6.36. The van der Waals surface area contributed by atoms with Gasteiger partial charge in [-0.3, -0.25) is 4.79 Å². The lowest BCUT2D eigenvalue weighted by Gasteiger charge is -2.33. The van der Waals surface area contributed by atoms with Gasteiger partial charge in [0.15, 0.2) is 0 Å². The number of amides is 1. The van der Waals surface area contributed by atoms with E-state index in [0.717, 1.165) is 6.42 Å². The van der Waals surface area contributed by atoms with Crippen molar-refractivity contribution in [3.05, 3.63) is 33.8 Å². The molecule has 1 aromatic rings. The van der Waals surface area contributed by atoms with Crippen molar-refractivity contribution in [2.45, 2.75) is 19.6 Å². The SMILES string of the molecule is CC1OCCCN1C(=O)c1ccc(Cl)cc1Cl. The van der Waals surface area contributed by atoms with Gasteiger partial charge in [0.25, 0.3) is 5.91 Å². The third kappa shape index (κ3) is 2.73. The van der Waals surface area contributed by atoms with Crippen molar-refractivity contribution in [1.29, 1.82) is 0 Å². The molecule has 0 aliphatic carbocycles. The maximum absolute atomic E-state index is 12.3. The van der Waals surface area contributed by atoms with Crippen LogP contribution in [0.25, 0.3) is 0 Å². The Morgan fingerprint density at radius 1 is 1.47 bits per heavy atom. The van der Waals surface area contributed by atoms with Crippen LogP contribution in [0.1, 0.15) is 23.7 Å². The summed E-state index contributed by atoms with van der Waals surface area (Å²) in [5, 5.41) is 0.898. The first-order valence-corrected chi connectivity index (χ1v) is 6.23. The van der Waals surface area contributed by atoms with E-state index in [0.29, 0.717) is 28.8 Å². The fourth-order valence-electron chi connectivity index (χ4n) is 1.84. The normalized spacial score (nSPS) is 20.4. The number of benzene rings is 1. The Kier molecular flexibility index (Phi) is 3.92. The molecule has 2 rings (SSSR count). The molecule has 1 aromatic carbocycles. The van der Waals surface area contributed by atoms with Crippen molar-refractivity contribution in [3.63, 3.8) is 0 Å². The zero-order chi connectivity index (χ0) is 12.4. The molecule has 17 heavy (non-hydrogen) atoms. The van der Waals surface area contributed by atoms with Crippen LogP contribution in [0.4, 0.5) is 0 Å². The summed E-state index contributed by atoms with van der Waals surface area (Å²) in [5.41, 5.74) is 0.466. The number of hydrogen-bond acceptors (Lipinski definition) is 2. The Hall–Kier alpha value is -0.770. The molecule has 1 fully saturated rings. The molecule has 1 heterocycles. The molecular weight excluding hydrogens is 261 g/mol. The molecule has 0 spiro atoms. The van der Waals surface area contributed by atoms with Crippen LogP contribution in [0.5, 0.6) is 0 Å². The van der Waals surface area contributed by atoms with Gasteiger partial charge < -0.3 is 9.64 Å². The van der Waals surface area contributed by atoms with Crippen molar-refractivity contribution >= 4 is 29.1 Å². The van der Waals surface area contributed by atoms with Crippen LogP contribution in [0.3, 0.4) is 0 Å². The predicted molar refractivity (Wildman–Crippen MR) is 67.5 cm³/mol. The first-order valence-electron chi connectivity index (χ1n) is 5.47. The summed E-state index contributed by atoms with van der Waals surface area (Å²) in [5.74, 6) is -0.112. The first-order chi connectivity index (χ1) is 8.09. The van der Waals surface area contributed by atoms with Gasteiger partial charge in [-0.05, 0) is 31.5 Å². The van der Waals surface area contributed by atoms with Gasteiger partial charge in [-0.1, -0.05) is 23.2 Å². The molecule has 0 radical (unpaired) electrons. The minimum absolute atomic E-state index is 0.112. The largest absolute Gasteiger partial charge is 0.359 e. The van der Waals surface area contributed by atoms with Crippen LogP contribution in [-0.4, -0.2) is 30.2 Å². The fourth-order valence-corrected chi connectivity index (χ4v) is 2.33. The monoisotopic (exact) mass is 273 g/mol. The average molecular weight is 274 g/mol. The van der Waals surface area contributed by atoms with E-state index in [9.17, 15) is 4.79 Å². The van der Waals surface area contributed by atoms with E-state index in [4.69, 9.17) is 27.9 Å². The molecule has 0 N–H and O–H groups in total. The van der Waals surface area contributed by atoms with Crippen LogP contribution >= 0.6 is 23.2 Å². The lowest BCUT2D eigenvalue weighted by Crippen LogP contribution is -2.44. The number of rotatable bonds is 1. The molecule has 3 nitrogen and oxygen atoms in total. The third-order valence-corrected chi connectivity index (χ3v) is 3.31. The Labute approximate surface area is 110 Å². The quantitative estimate of drug-likeness (QED) is 0.787. The van der Waals surface area contributed by atoms with E-state index in [1.807, 2.05) is 6.92 Å². The molecule has 0 aromatic heterocycles. The van der Waals surface area contributed by atoms with Crippen LogP contribution < -0.4 is 0 Å². The lowest BCUT2D eigenvalue weighted by molar-refractivity contribution is -0.0661. The summed E-state index contributed by atoms with van der Waals surface area (Å²) in [6, 6.07) is 4.89. The summed E-state index contributed by atoms with van der Waals surface area (Å²) in [6.07, 6.45) is 0.643. The topological polar surface area (TPSA) is 29.5 Å². The van der Waals surface area contributed by atoms with Crippen molar-refractivity contribution in [2.24, 2.45) is 0 Å². The highest BCUT2D eigenvalue weighted by atomic mass is 35.5. The number of carbonyl (C=O) groups is 1. The van der Waals surface area contributed by atoms with Gasteiger partial charge in [0.1, 0.15) is 6.23 Å². The maximum Gasteiger partial charge on any atom is 0.257 e. The maximum atomic E-state index is 12.3. The van der Waals surface area contributed by atoms with Gasteiger partial charge in [-0.15, -0.1) is 0 Å². The molecular formula is C12H13Cl2NO2. The second-order valence-electron chi connectivity index (χ2n) is 3.95. The van der Waals surface area contributed by atoms with Gasteiger partial charge in [0, 0.05) is 11.6 Å². The molecule has 5 heteroatoms. The molecule has 1 aliphatic rings. The molecule has 0 saturated carbocycles. The van der Waals surface area contributed by atoms with E-state index < -0.39 is 0 Å². The number of hydrogen-bond donors (Lipinski definition) is 0. The molecule has 0 bridgehead atoms. The lowest BCUT2D eigenvalue weighted by atomic mass is 10.1. The van der Waals surface area contributed by atoms with Gasteiger partial charge in [0.05, 0.1) is 17.2 Å². The second-order valence-corrected chi connectivity index (χ2v) is 4.79. The van der Waals surface area contributed by atoms with E-state index in [-0.39, 0.29) is 12.1 Å². The van der Waals surface area contributed by atoms with E-state index in [1.54, 1.807) is 23.1 Å². The fraction of sp³-hybridized carbons (Fsp3) is 0.417. The van der Waals surface area contributed by atoms with E-state index >= 15 is 0 Å². The summed E-state index contributed by atoms with van der Waals surface area (Å²) in [7, 11) is 0. The van der Waals surface area contributed by atoms with Crippen LogP contribution in [-0.2, 0) is 4.74 Å².